The summed E-state index contributed by atoms with van der Waals surface area (Å²) in [5.41, 5.74) is 0. The van der Waals surface area contributed by atoms with E-state index in [9.17, 15) is 14.4 Å². The Morgan fingerprint density at radius 3 is 1.78 bits per heavy atom. The molecule has 18 heavy (non-hydrogen) atoms. The van der Waals surface area contributed by atoms with E-state index in [-0.39, 0.29) is 76.7 Å². The van der Waals surface area contributed by atoms with E-state index in [0.29, 0.717) is 12.4 Å². The van der Waals surface area contributed by atoms with Crippen molar-refractivity contribution in [1.29, 1.82) is 0 Å². The summed E-state index contributed by atoms with van der Waals surface area (Å²) in [6.07, 6.45) is 0. The van der Waals surface area contributed by atoms with Gasteiger partial charge in [0.1, 0.15) is 19.3 Å². The molecule has 0 N–H and O–H groups in total. The Hall–Kier alpha value is 1.08. The fraction of sp³-hybridized carbons (Fsp3) is 0.250. The molecule has 0 unspecified atom stereocenters. The zero-order valence-corrected chi connectivity index (χ0v) is 14.9. The van der Waals surface area contributed by atoms with E-state index in [4.69, 9.17) is 4.74 Å². The number of halogens is 2. The summed E-state index contributed by atoms with van der Waals surface area (Å²) in [6, 6.07) is 5.75. The van der Waals surface area contributed by atoms with E-state index < -0.39 is 7.82 Å². The van der Waals surface area contributed by atoms with Crippen molar-refractivity contribution in [1.82, 2.24) is 0 Å². The molecule has 0 amide bonds. The molecule has 0 aliphatic carbocycles. The van der Waals surface area contributed by atoms with Gasteiger partial charge in [-0.25, -0.2) is 0 Å². The van der Waals surface area contributed by atoms with Crippen molar-refractivity contribution >= 4 is 53.9 Å². The van der Waals surface area contributed by atoms with Crippen LogP contribution in [-0.4, -0.2) is 52.7 Å². The third kappa shape index (κ3) is 12.1. The van der Waals surface area contributed by atoms with E-state index in [1.165, 1.54) is 24.3 Å². The fourth-order valence-corrected chi connectivity index (χ4v) is 1.27. The van der Waals surface area contributed by atoms with E-state index in [1.54, 1.807) is 0 Å². The number of phosphoric acid groups is 1. The third-order valence-corrected chi connectivity index (χ3v) is 1.79. The molecule has 0 fully saturated rings. The molecule has 0 aromatic heterocycles. The normalized spacial score (nSPS) is 8.61. The maximum atomic E-state index is 10.2. The van der Waals surface area contributed by atoms with Gasteiger partial charge in [0.2, 0.25) is 0 Å². The van der Waals surface area contributed by atoms with Gasteiger partial charge in [-0.15, -0.1) is 0 Å². The van der Waals surface area contributed by atoms with Crippen molar-refractivity contribution < 1.29 is 48.4 Å². The summed E-state index contributed by atoms with van der Waals surface area (Å²) in [4.78, 5) is 20.5. The van der Waals surface area contributed by atoms with Crippen LogP contribution in [-0.2, 0) is 4.57 Å². The van der Waals surface area contributed by atoms with Crippen molar-refractivity contribution in [2.24, 2.45) is 0 Å². The summed E-state index contributed by atoms with van der Waals surface area (Å²) in [5.74, 6) is 0.577. The molecule has 0 aliphatic rings. The van der Waals surface area contributed by atoms with Gasteiger partial charge in [0.25, 0.3) is 0 Å². The number of hydrogen-bond donors (Lipinski definition) is 0. The van der Waals surface area contributed by atoms with Crippen LogP contribution in [0.4, 0.5) is 0 Å². The molecule has 10 heteroatoms. The average Bonchev–Trinajstić information content (AvgIpc) is 2.06. The van der Waals surface area contributed by atoms with Gasteiger partial charge in [0, 0.05) is 0 Å². The quantitative estimate of drug-likeness (QED) is 0.404. The van der Waals surface area contributed by atoms with Crippen LogP contribution in [0.2, 0.25) is 0 Å². The van der Waals surface area contributed by atoms with Crippen molar-refractivity contribution in [3.63, 3.8) is 0 Å². The molecule has 1 aromatic carbocycles. The van der Waals surface area contributed by atoms with Crippen LogP contribution >= 0.6 is 7.82 Å². The van der Waals surface area contributed by atoms with Crippen molar-refractivity contribution in [3.05, 3.63) is 24.3 Å². The molecule has 5 nitrogen and oxygen atoms in total. The number of phosphoric ester groups is 1. The third-order valence-electron chi connectivity index (χ3n) is 1.35. The zero-order chi connectivity index (χ0) is 10.6. The fourth-order valence-electron chi connectivity index (χ4n) is 0.892. The van der Waals surface area contributed by atoms with Gasteiger partial charge in [-0.05, 0) is 31.2 Å². The Bertz CT molecular complexity index is 346. The van der Waals surface area contributed by atoms with Crippen LogP contribution < -0.4 is 43.9 Å². The van der Waals surface area contributed by atoms with Crippen LogP contribution in [0.5, 0.6) is 11.5 Å². The van der Waals surface area contributed by atoms with Gasteiger partial charge in [-0.3, -0.25) is 0 Å². The van der Waals surface area contributed by atoms with Crippen LogP contribution in [0.3, 0.4) is 0 Å². The molecular weight excluding hydrogens is 327 g/mol. The first-order chi connectivity index (χ1) is 6.51. The second-order valence-corrected chi connectivity index (χ2v) is 3.52. The molecule has 0 heterocycles. The standard InChI is InChI=1S/C8H11O5P.2ClH.2Mg/c1-2-12-7-3-5-8(6-4-7)13-14(9,10)11;;;;/h3-6H,2H2,1H3,(H2,9,10,11);2*1H;;/q;;;2*+2/p-4. The summed E-state index contributed by atoms with van der Waals surface area (Å²) >= 11 is 0. The molecular formula is C8H9Cl2Mg2O5P. The molecule has 0 saturated carbocycles. The van der Waals surface area contributed by atoms with Gasteiger partial charge in [0.15, 0.2) is 0 Å². The number of ether oxygens (including phenoxy) is 1. The first-order valence-electron chi connectivity index (χ1n) is 3.96. The predicted molar refractivity (Wildman–Crippen MR) is 57.4 cm³/mol. The summed E-state index contributed by atoms with van der Waals surface area (Å²) in [5, 5.41) is 0. The van der Waals surface area contributed by atoms with Crippen LogP contribution in [0, 0.1) is 0 Å². The smallest absolute Gasteiger partial charge is 1.00 e. The largest absolute Gasteiger partial charge is 2.00 e. The van der Waals surface area contributed by atoms with Gasteiger partial charge in [-0.2, -0.15) is 0 Å². The van der Waals surface area contributed by atoms with Crippen LogP contribution in [0.25, 0.3) is 0 Å². The van der Waals surface area contributed by atoms with Crippen molar-refractivity contribution in [2.45, 2.75) is 6.92 Å². The minimum Gasteiger partial charge on any atom is -1.00 e. The van der Waals surface area contributed by atoms with Crippen molar-refractivity contribution in [2.75, 3.05) is 6.61 Å². The Morgan fingerprint density at radius 2 is 1.44 bits per heavy atom. The molecule has 0 aliphatic heterocycles. The Labute approximate surface area is 150 Å². The second-order valence-electron chi connectivity index (χ2n) is 2.44. The summed E-state index contributed by atoms with van der Waals surface area (Å²) in [7, 11) is -4.96. The minimum atomic E-state index is -4.96. The number of benzene rings is 1. The molecule has 1 aromatic rings. The number of rotatable bonds is 4. The summed E-state index contributed by atoms with van der Waals surface area (Å²) < 4.78 is 19.5. The van der Waals surface area contributed by atoms with E-state index in [2.05, 4.69) is 4.52 Å². The predicted octanol–water partition coefficient (Wildman–Crippen LogP) is -6.46. The van der Waals surface area contributed by atoms with Crippen LogP contribution in [0.1, 0.15) is 6.92 Å². The average molecular weight is 336 g/mol. The van der Waals surface area contributed by atoms with Gasteiger partial charge < -0.3 is 48.4 Å². The number of hydrogen-bond acceptors (Lipinski definition) is 5. The van der Waals surface area contributed by atoms with Gasteiger partial charge in [-0.1, -0.05) is 0 Å². The monoisotopic (exact) mass is 334 g/mol. The second kappa shape index (κ2) is 13.1. The Balaban J connectivity index is -0.000000245. The summed E-state index contributed by atoms with van der Waals surface area (Å²) in [6.45, 7) is 2.34. The molecule has 0 bridgehead atoms. The first kappa shape index (κ1) is 27.4. The molecule has 0 radical (unpaired) electrons. The van der Waals surface area contributed by atoms with E-state index in [0.717, 1.165) is 0 Å². The van der Waals surface area contributed by atoms with Gasteiger partial charge in [0.05, 0.1) is 6.61 Å². The van der Waals surface area contributed by atoms with Crippen LogP contribution in [0.15, 0.2) is 24.3 Å². The Kier molecular flexibility index (Phi) is 19.9. The van der Waals surface area contributed by atoms with E-state index >= 15 is 0 Å². The molecule has 0 atom stereocenters. The molecule has 0 spiro atoms. The van der Waals surface area contributed by atoms with E-state index in [1.807, 2.05) is 6.92 Å². The molecule has 0 saturated heterocycles. The first-order valence-corrected chi connectivity index (χ1v) is 5.42. The maximum absolute atomic E-state index is 10.2. The minimum absolute atomic E-state index is 0. The SMILES string of the molecule is CCOc1ccc(OP(=O)([O-])[O-])cc1.[Cl-].[Cl-].[Mg+2].[Mg+2]. The molecule has 1 rings (SSSR count). The van der Waals surface area contributed by atoms with Crippen molar-refractivity contribution in [3.8, 4) is 11.5 Å². The topological polar surface area (TPSA) is 81.7 Å². The zero-order valence-electron chi connectivity index (χ0n) is 9.68. The maximum Gasteiger partial charge on any atom is 2.00 e. The molecule has 94 valence electrons. The Morgan fingerprint density at radius 1 is 1.06 bits per heavy atom. The van der Waals surface area contributed by atoms with Gasteiger partial charge >= 0.3 is 46.1 Å².